The zero-order chi connectivity index (χ0) is 12.6. The summed E-state index contributed by atoms with van der Waals surface area (Å²) in [5.41, 5.74) is 5.82. The Morgan fingerprint density at radius 1 is 1.53 bits per heavy atom. The van der Waals surface area contributed by atoms with Crippen LogP contribution in [0.2, 0.25) is 0 Å². The predicted molar refractivity (Wildman–Crippen MR) is 68.2 cm³/mol. The summed E-state index contributed by atoms with van der Waals surface area (Å²) in [7, 11) is 0. The fraction of sp³-hybridized carbons (Fsp3) is 0.417. The lowest BCUT2D eigenvalue weighted by Gasteiger charge is -2.33. The number of nitrogen functional groups attached to an aromatic ring is 1. The molecule has 0 radical (unpaired) electrons. The van der Waals surface area contributed by atoms with Crippen molar-refractivity contribution in [3.05, 3.63) is 28.0 Å². The van der Waals surface area contributed by atoms with Gasteiger partial charge in [0.15, 0.2) is 0 Å². The Labute approximate surface area is 108 Å². The highest BCUT2D eigenvalue weighted by Crippen LogP contribution is 2.28. The number of hydrogen-bond acceptors (Lipinski definition) is 2. The van der Waals surface area contributed by atoms with Crippen LogP contribution in [-0.4, -0.2) is 11.9 Å². The average Bonchev–Trinajstić information content (AvgIpc) is 2.21. The van der Waals surface area contributed by atoms with Crippen LogP contribution in [0, 0.1) is 11.7 Å². The lowest BCUT2D eigenvalue weighted by Crippen LogP contribution is -2.43. The number of anilines is 1. The van der Waals surface area contributed by atoms with E-state index in [2.05, 4.69) is 28.2 Å². The zero-order valence-electron chi connectivity index (χ0n) is 9.47. The Balaban J connectivity index is 2.11. The number of benzene rings is 1. The van der Waals surface area contributed by atoms with Gasteiger partial charge < -0.3 is 11.1 Å². The van der Waals surface area contributed by atoms with Gasteiger partial charge in [0.2, 0.25) is 0 Å². The van der Waals surface area contributed by atoms with Gasteiger partial charge in [-0.25, -0.2) is 4.39 Å². The molecule has 0 atom stereocenters. The molecular formula is C12H14BrFN2O. The quantitative estimate of drug-likeness (QED) is 0.825. The summed E-state index contributed by atoms with van der Waals surface area (Å²) < 4.78 is 13.6. The molecule has 0 saturated heterocycles. The van der Waals surface area contributed by atoms with Crippen molar-refractivity contribution in [2.75, 3.05) is 5.73 Å². The molecule has 0 spiro atoms. The Hall–Kier alpha value is -1.10. The predicted octanol–water partition coefficient (Wildman–Crippen LogP) is 2.70. The van der Waals surface area contributed by atoms with Crippen LogP contribution in [0.3, 0.4) is 0 Å². The molecule has 5 heteroatoms. The van der Waals surface area contributed by atoms with Gasteiger partial charge in [0.1, 0.15) is 5.82 Å². The van der Waals surface area contributed by atoms with Gasteiger partial charge in [-0.1, -0.05) is 6.92 Å². The van der Waals surface area contributed by atoms with E-state index < -0.39 is 5.82 Å². The second-order valence-corrected chi connectivity index (χ2v) is 5.45. The van der Waals surface area contributed by atoms with Gasteiger partial charge in [0, 0.05) is 10.5 Å². The second kappa shape index (κ2) is 4.64. The summed E-state index contributed by atoms with van der Waals surface area (Å²) in [6, 6.07) is 2.81. The molecule has 3 N–H and O–H groups in total. The number of amides is 1. The van der Waals surface area contributed by atoms with Crippen LogP contribution in [0.5, 0.6) is 0 Å². The molecule has 0 bridgehead atoms. The van der Waals surface area contributed by atoms with Gasteiger partial charge in [0.05, 0.1) is 11.3 Å². The maximum absolute atomic E-state index is 13.1. The third-order valence-corrected chi connectivity index (χ3v) is 3.70. The Morgan fingerprint density at radius 2 is 2.18 bits per heavy atom. The van der Waals surface area contributed by atoms with Crippen LogP contribution in [0.4, 0.5) is 10.1 Å². The van der Waals surface area contributed by atoms with Gasteiger partial charge in [-0.05, 0) is 46.8 Å². The van der Waals surface area contributed by atoms with E-state index in [4.69, 9.17) is 5.73 Å². The fourth-order valence-corrected chi connectivity index (χ4v) is 2.52. The Kier molecular flexibility index (Phi) is 3.38. The van der Waals surface area contributed by atoms with E-state index >= 15 is 0 Å². The number of nitrogens with one attached hydrogen (secondary N) is 1. The van der Waals surface area contributed by atoms with E-state index in [0.717, 1.165) is 12.8 Å². The fourth-order valence-electron chi connectivity index (χ4n) is 2.02. The topological polar surface area (TPSA) is 55.1 Å². The summed E-state index contributed by atoms with van der Waals surface area (Å²) in [6.07, 6.45) is 2.00. The lowest BCUT2D eigenvalue weighted by molar-refractivity contribution is 0.0895. The molecule has 92 valence electrons. The minimum Gasteiger partial charge on any atom is -0.396 e. The number of rotatable bonds is 2. The van der Waals surface area contributed by atoms with Crippen LogP contribution in [0.25, 0.3) is 0 Å². The van der Waals surface area contributed by atoms with Crippen molar-refractivity contribution in [3.8, 4) is 0 Å². The van der Waals surface area contributed by atoms with Crippen LogP contribution in [-0.2, 0) is 0 Å². The highest BCUT2D eigenvalue weighted by molar-refractivity contribution is 9.10. The van der Waals surface area contributed by atoms with Crippen molar-refractivity contribution in [2.45, 2.75) is 25.8 Å². The molecule has 1 aliphatic rings. The van der Waals surface area contributed by atoms with Gasteiger partial charge >= 0.3 is 0 Å². The highest BCUT2D eigenvalue weighted by atomic mass is 79.9. The number of carbonyl (C=O) groups excluding carboxylic acids is 1. The molecule has 1 aromatic carbocycles. The lowest BCUT2D eigenvalue weighted by atomic mass is 9.82. The van der Waals surface area contributed by atoms with Gasteiger partial charge in [-0.15, -0.1) is 0 Å². The minimum atomic E-state index is -0.523. The van der Waals surface area contributed by atoms with Crippen molar-refractivity contribution >= 4 is 27.5 Å². The van der Waals surface area contributed by atoms with Crippen LogP contribution in [0.1, 0.15) is 30.1 Å². The van der Waals surface area contributed by atoms with Gasteiger partial charge in [-0.2, -0.15) is 0 Å². The van der Waals surface area contributed by atoms with Gasteiger partial charge in [0.25, 0.3) is 5.91 Å². The maximum atomic E-state index is 13.1. The number of carbonyl (C=O) groups is 1. The molecule has 3 nitrogen and oxygen atoms in total. The van der Waals surface area contributed by atoms with Crippen molar-refractivity contribution in [3.63, 3.8) is 0 Å². The Morgan fingerprint density at radius 3 is 2.76 bits per heavy atom. The van der Waals surface area contributed by atoms with Crippen molar-refractivity contribution in [2.24, 2.45) is 5.92 Å². The molecule has 2 rings (SSSR count). The van der Waals surface area contributed by atoms with Crippen LogP contribution >= 0.6 is 15.9 Å². The summed E-state index contributed by atoms with van der Waals surface area (Å²) in [6.45, 7) is 2.15. The molecule has 0 unspecified atom stereocenters. The monoisotopic (exact) mass is 300 g/mol. The minimum absolute atomic E-state index is 0.0136. The first-order valence-electron chi connectivity index (χ1n) is 5.52. The molecule has 0 aromatic heterocycles. The molecular weight excluding hydrogens is 287 g/mol. The summed E-state index contributed by atoms with van der Waals surface area (Å²) in [4.78, 5) is 11.9. The molecule has 0 heterocycles. The van der Waals surface area contributed by atoms with Crippen molar-refractivity contribution in [1.82, 2.24) is 5.32 Å². The van der Waals surface area contributed by atoms with Crippen molar-refractivity contribution in [1.29, 1.82) is 0 Å². The third-order valence-electron chi connectivity index (χ3n) is 3.04. The van der Waals surface area contributed by atoms with E-state index in [9.17, 15) is 9.18 Å². The number of nitrogens with two attached hydrogens (primary N) is 1. The molecule has 1 aromatic rings. The molecule has 1 saturated carbocycles. The first-order valence-corrected chi connectivity index (χ1v) is 6.32. The van der Waals surface area contributed by atoms with Gasteiger partial charge in [-0.3, -0.25) is 4.79 Å². The average molecular weight is 301 g/mol. The van der Waals surface area contributed by atoms with Crippen molar-refractivity contribution < 1.29 is 9.18 Å². The van der Waals surface area contributed by atoms with Crippen LogP contribution < -0.4 is 11.1 Å². The first kappa shape index (κ1) is 12.4. The standard InChI is InChI=1S/C12H14BrFN2O/c1-6-2-7(3-6)16-12(17)8-4-11(15)10(14)5-9(8)13/h4-7H,2-3,15H2,1H3,(H,16,17). The van der Waals surface area contributed by atoms with E-state index in [0.29, 0.717) is 16.0 Å². The number of hydrogen-bond donors (Lipinski definition) is 2. The highest BCUT2D eigenvalue weighted by Gasteiger charge is 2.27. The molecule has 1 amide bonds. The molecule has 0 aliphatic heterocycles. The third kappa shape index (κ3) is 2.60. The summed E-state index contributed by atoms with van der Waals surface area (Å²) >= 11 is 3.17. The SMILES string of the molecule is CC1CC(NC(=O)c2cc(N)c(F)cc2Br)C1. The first-order chi connectivity index (χ1) is 7.97. The summed E-state index contributed by atoms with van der Waals surface area (Å²) in [5.74, 6) is -0.0619. The second-order valence-electron chi connectivity index (χ2n) is 4.60. The molecule has 17 heavy (non-hydrogen) atoms. The van der Waals surface area contributed by atoms with E-state index in [-0.39, 0.29) is 17.6 Å². The zero-order valence-corrected chi connectivity index (χ0v) is 11.1. The molecule has 1 fully saturated rings. The van der Waals surface area contributed by atoms with E-state index in [1.807, 2.05) is 0 Å². The molecule has 1 aliphatic carbocycles. The Bertz CT molecular complexity index is 458. The maximum Gasteiger partial charge on any atom is 0.252 e. The van der Waals surface area contributed by atoms with Crippen LogP contribution in [0.15, 0.2) is 16.6 Å². The normalized spacial score (nSPS) is 23.0. The summed E-state index contributed by atoms with van der Waals surface area (Å²) in [5, 5.41) is 2.90. The smallest absolute Gasteiger partial charge is 0.252 e. The van der Waals surface area contributed by atoms with E-state index in [1.54, 1.807) is 0 Å². The number of halogens is 2. The van der Waals surface area contributed by atoms with E-state index in [1.165, 1.54) is 12.1 Å². The largest absolute Gasteiger partial charge is 0.396 e.